The normalized spacial score (nSPS) is 29.4. The molecule has 0 N–H and O–H groups in total. The maximum atomic E-state index is 12.1. The van der Waals surface area contributed by atoms with E-state index in [2.05, 4.69) is 17.0 Å². The summed E-state index contributed by atoms with van der Waals surface area (Å²) in [5.41, 5.74) is 0.752. The van der Waals surface area contributed by atoms with Gasteiger partial charge in [-0.1, -0.05) is 30.3 Å². The lowest BCUT2D eigenvalue weighted by atomic mass is 9.93. The first-order valence-electron chi connectivity index (χ1n) is 7.23. The first kappa shape index (κ1) is 13.6. The zero-order chi connectivity index (χ0) is 14.0. The van der Waals surface area contributed by atoms with Crippen LogP contribution in [0.15, 0.2) is 30.3 Å². The van der Waals surface area contributed by atoms with Gasteiger partial charge in [-0.2, -0.15) is 0 Å². The molecule has 0 amide bonds. The molecule has 0 aliphatic carbocycles. The highest BCUT2D eigenvalue weighted by Gasteiger charge is 2.54. The molecule has 2 heterocycles. The van der Waals surface area contributed by atoms with Gasteiger partial charge in [0.05, 0.1) is 19.8 Å². The van der Waals surface area contributed by atoms with E-state index in [-0.39, 0.29) is 12.1 Å². The molecule has 2 unspecified atom stereocenters. The third kappa shape index (κ3) is 2.34. The Bertz CT molecular complexity index is 476. The van der Waals surface area contributed by atoms with Gasteiger partial charge in [-0.05, 0) is 24.9 Å². The number of carbonyl (C=O) groups is 1. The minimum atomic E-state index is -0.421. The van der Waals surface area contributed by atoms with Crippen molar-refractivity contribution >= 4 is 5.97 Å². The molecule has 1 aromatic rings. The number of rotatable bonds is 4. The van der Waals surface area contributed by atoms with Crippen molar-refractivity contribution in [2.75, 3.05) is 20.2 Å². The summed E-state index contributed by atoms with van der Waals surface area (Å²) in [5.74, 6) is -0.0965. The maximum absolute atomic E-state index is 12.1. The van der Waals surface area contributed by atoms with Gasteiger partial charge in [0.15, 0.2) is 0 Å². The zero-order valence-corrected chi connectivity index (χ0v) is 11.9. The molecule has 0 aromatic heterocycles. The van der Waals surface area contributed by atoms with Gasteiger partial charge in [-0.3, -0.25) is 9.69 Å². The van der Waals surface area contributed by atoms with Gasteiger partial charge in [-0.15, -0.1) is 0 Å². The maximum Gasteiger partial charge on any atom is 0.326 e. The Morgan fingerprint density at radius 3 is 2.95 bits per heavy atom. The smallest absolute Gasteiger partial charge is 0.326 e. The summed E-state index contributed by atoms with van der Waals surface area (Å²) in [5, 5.41) is 0. The third-order valence-electron chi connectivity index (χ3n) is 4.51. The van der Waals surface area contributed by atoms with Crippen LogP contribution in [0, 0.1) is 0 Å². The number of carbonyl (C=O) groups excluding carboxylic acids is 1. The van der Waals surface area contributed by atoms with Crippen molar-refractivity contribution in [2.45, 2.75) is 37.5 Å². The second-order valence-electron chi connectivity index (χ2n) is 5.70. The fourth-order valence-electron chi connectivity index (χ4n) is 3.52. The van der Waals surface area contributed by atoms with E-state index in [0.717, 1.165) is 32.4 Å². The van der Waals surface area contributed by atoms with Gasteiger partial charge in [0.1, 0.15) is 5.54 Å². The number of fused-ring (bicyclic) bond motifs is 1. The Morgan fingerprint density at radius 1 is 1.40 bits per heavy atom. The van der Waals surface area contributed by atoms with Crippen molar-refractivity contribution in [3.05, 3.63) is 35.9 Å². The first-order chi connectivity index (χ1) is 9.74. The molecular formula is C16H21NO3. The largest absolute Gasteiger partial charge is 0.468 e. The quantitative estimate of drug-likeness (QED) is 0.788. The van der Waals surface area contributed by atoms with E-state index in [1.807, 2.05) is 18.2 Å². The Hall–Kier alpha value is -1.39. The topological polar surface area (TPSA) is 38.8 Å². The van der Waals surface area contributed by atoms with Crippen LogP contribution >= 0.6 is 0 Å². The molecule has 20 heavy (non-hydrogen) atoms. The highest BCUT2D eigenvalue weighted by atomic mass is 16.5. The van der Waals surface area contributed by atoms with Crippen molar-refractivity contribution in [2.24, 2.45) is 0 Å². The highest BCUT2D eigenvalue weighted by molar-refractivity contribution is 5.81. The summed E-state index contributed by atoms with van der Waals surface area (Å²) < 4.78 is 11.0. The summed E-state index contributed by atoms with van der Waals surface area (Å²) in [7, 11) is 1.48. The molecule has 4 heteroatoms. The Morgan fingerprint density at radius 2 is 2.20 bits per heavy atom. The molecule has 0 radical (unpaired) electrons. The lowest BCUT2D eigenvalue weighted by Crippen LogP contribution is -2.46. The molecule has 2 atom stereocenters. The van der Waals surface area contributed by atoms with Crippen LogP contribution in [0.1, 0.15) is 24.8 Å². The first-order valence-corrected chi connectivity index (χ1v) is 7.23. The predicted molar refractivity (Wildman–Crippen MR) is 75.2 cm³/mol. The van der Waals surface area contributed by atoms with Gasteiger partial charge in [-0.25, -0.2) is 0 Å². The number of hydrogen-bond donors (Lipinski definition) is 0. The van der Waals surface area contributed by atoms with Gasteiger partial charge < -0.3 is 9.47 Å². The van der Waals surface area contributed by atoms with Crippen molar-refractivity contribution < 1.29 is 14.3 Å². The van der Waals surface area contributed by atoms with Crippen molar-refractivity contribution in [3.63, 3.8) is 0 Å². The lowest BCUT2D eigenvalue weighted by Gasteiger charge is -2.27. The van der Waals surface area contributed by atoms with Gasteiger partial charge in [0.2, 0.25) is 0 Å². The average molecular weight is 275 g/mol. The van der Waals surface area contributed by atoms with Crippen LogP contribution in [-0.4, -0.2) is 42.7 Å². The van der Waals surface area contributed by atoms with Crippen molar-refractivity contribution in [1.29, 1.82) is 0 Å². The average Bonchev–Trinajstić information content (AvgIpc) is 3.03. The fourth-order valence-corrected chi connectivity index (χ4v) is 3.52. The number of benzene rings is 1. The van der Waals surface area contributed by atoms with E-state index in [9.17, 15) is 4.79 Å². The lowest BCUT2D eigenvalue weighted by molar-refractivity contribution is -0.152. The summed E-state index contributed by atoms with van der Waals surface area (Å²) in [6.07, 6.45) is 2.84. The molecule has 108 valence electrons. The van der Waals surface area contributed by atoms with Crippen LogP contribution in [0.25, 0.3) is 0 Å². The van der Waals surface area contributed by atoms with Crippen molar-refractivity contribution in [3.8, 4) is 0 Å². The fraction of sp³-hybridized carbons (Fsp3) is 0.562. The van der Waals surface area contributed by atoms with Gasteiger partial charge >= 0.3 is 5.97 Å². The minimum Gasteiger partial charge on any atom is -0.468 e. The molecule has 2 aliphatic rings. The van der Waals surface area contributed by atoms with Gasteiger partial charge in [0, 0.05) is 13.0 Å². The standard InChI is InChI=1S/C16H21NO3/c1-19-15(18)16-8-5-9-17(16)11-14(10-16)20-12-13-6-3-2-4-7-13/h2-4,6-7,14H,5,8-12H2,1H3. The summed E-state index contributed by atoms with van der Waals surface area (Å²) in [6, 6.07) is 10.2. The third-order valence-corrected chi connectivity index (χ3v) is 4.51. The molecule has 0 bridgehead atoms. The number of esters is 1. The van der Waals surface area contributed by atoms with E-state index in [1.165, 1.54) is 12.7 Å². The van der Waals surface area contributed by atoms with Crippen LogP contribution in [0.5, 0.6) is 0 Å². The molecule has 2 fully saturated rings. The highest BCUT2D eigenvalue weighted by Crippen LogP contribution is 2.40. The van der Waals surface area contributed by atoms with Gasteiger partial charge in [0.25, 0.3) is 0 Å². The van der Waals surface area contributed by atoms with Crippen LogP contribution < -0.4 is 0 Å². The van der Waals surface area contributed by atoms with Crippen molar-refractivity contribution in [1.82, 2.24) is 4.90 Å². The SMILES string of the molecule is COC(=O)C12CCCN1CC(OCc1ccccc1)C2. The number of nitrogens with zero attached hydrogens (tertiary/aromatic N) is 1. The second-order valence-corrected chi connectivity index (χ2v) is 5.70. The van der Waals surface area contributed by atoms with E-state index < -0.39 is 5.54 Å². The number of ether oxygens (including phenoxy) is 2. The minimum absolute atomic E-state index is 0.0965. The second kappa shape index (κ2) is 5.54. The molecule has 2 saturated heterocycles. The van der Waals surface area contributed by atoms with E-state index in [4.69, 9.17) is 9.47 Å². The van der Waals surface area contributed by atoms with E-state index in [1.54, 1.807) is 0 Å². The summed E-state index contributed by atoms with van der Waals surface area (Å²) in [4.78, 5) is 14.4. The van der Waals surface area contributed by atoms with Crippen LogP contribution in [0.4, 0.5) is 0 Å². The Kier molecular flexibility index (Phi) is 3.76. The predicted octanol–water partition coefficient (Wildman–Crippen LogP) is 1.98. The molecule has 0 saturated carbocycles. The van der Waals surface area contributed by atoms with E-state index in [0.29, 0.717) is 6.61 Å². The molecule has 2 aliphatic heterocycles. The monoisotopic (exact) mass is 275 g/mol. The van der Waals surface area contributed by atoms with Crippen LogP contribution in [0.3, 0.4) is 0 Å². The number of hydrogen-bond acceptors (Lipinski definition) is 4. The summed E-state index contributed by atoms with van der Waals surface area (Å²) in [6.45, 7) is 2.42. The Balaban J connectivity index is 1.62. The summed E-state index contributed by atoms with van der Waals surface area (Å²) >= 11 is 0. The zero-order valence-electron chi connectivity index (χ0n) is 11.9. The molecule has 3 rings (SSSR count). The number of methoxy groups -OCH3 is 1. The molecule has 4 nitrogen and oxygen atoms in total. The molecule has 0 spiro atoms. The molecule has 1 aromatic carbocycles. The molecular weight excluding hydrogens is 254 g/mol. The Labute approximate surface area is 119 Å². The van der Waals surface area contributed by atoms with Crippen LogP contribution in [0.2, 0.25) is 0 Å². The van der Waals surface area contributed by atoms with Crippen LogP contribution in [-0.2, 0) is 20.9 Å². The van der Waals surface area contributed by atoms with E-state index >= 15 is 0 Å².